The Hall–Kier alpha value is -1.86. The first-order valence-corrected chi connectivity index (χ1v) is 6.81. The monoisotopic (exact) mass is 313 g/mol. The Kier molecular flexibility index (Phi) is 5.20. The van der Waals surface area contributed by atoms with Gasteiger partial charge >= 0.3 is 6.55 Å². The van der Waals surface area contributed by atoms with E-state index in [1.54, 1.807) is 18.9 Å². The van der Waals surface area contributed by atoms with Crippen LogP contribution in [0, 0.1) is 12.7 Å². The van der Waals surface area contributed by atoms with E-state index in [4.69, 9.17) is 0 Å². The summed E-state index contributed by atoms with van der Waals surface area (Å²) in [7, 11) is 1.70. The molecule has 0 fully saturated rings. The third-order valence-electron chi connectivity index (χ3n) is 3.45. The van der Waals surface area contributed by atoms with Gasteiger partial charge in [0, 0.05) is 18.9 Å². The summed E-state index contributed by atoms with van der Waals surface area (Å²) >= 11 is 0. The van der Waals surface area contributed by atoms with Crippen LogP contribution in [0.3, 0.4) is 0 Å². The Morgan fingerprint density at radius 1 is 1.36 bits per heavy atom. The maximum absolute atomic E-state index is 13.1. The van der Waals surface area contributed by atoms with E-state index in [2.05, 4.69) is 4.98 Å². The van der Waals surface area contributed by atoms with E-state index >= 15 is 0 Å². The van der Waals surface area contributed by atoms with Gasteiger partial charge in [-0.25, -0.2) is 9.37 Å². The Morgan fingerprint density at radius 2 is 2.09 bits per heavy atom. The second-order valence-electron chi connectivity index (χ2n) is 5.24. The summed E-state index contributed by atoms with van der Waals surface area (Å²) in [4.78, 5) is 5.59. The van der Waals surface area contributed by atoms with Crippen LogP contribution in [0.25, 0.3) is 0 Å². The van der Waals surface area contributed by atoms with Crippen LogP contribution >= 0.6 is 0 Å². The molecule has 0 aliphatic heterocycles. The number of nitrogens with zero attached hydrogens (tertiary/aromatic N) is 3. The standard InChI is InChI=1S/C15H18F3N3O/c1-10-7-11(16)3-4-12(10)13(22)8-20(2)9-14-19-5-6-21(14)15(17)18/h3-7,13,15,22H,8-9H2,1-2H3. The number of aryl methyl sites for hydroxylation is 1. The summed E-state index contributed by atoms with van der Waals surface area (Å²) in [6.07, 6.45) is 1.70. The Morgan fingerprint density at radius 3 is 2.73 bits per heavy atom. The van der Waals surface area contributed by atoms with Gasteiger partial charge in [0.05, 0.1) is 12.6 Å². The van der Waals surface area contributed by atoms with Crippen LogP contribution in [0.2, 0.25) is 0 Å². The van der Waals surface area contributed by atoms with E-state index in [0.29, 0.717) is 11.1 Å². The summed E-state index contributed by atoms with van der Waals surface area (Å²) in [5.41, 5.74) is 1.26. The molecule has 0 spiro atoms. The molecule has 120 valence electrons. The molecule has 1 aromatic carbocycles. The van der Waals surface area contributed by atoms with Crippen LogP contribution in [0.5, 0.6) is 0 Å². The lowest BCUT2D eigenvalue weighted by Crippen LogP contribution is -2.26. The molecule has 0 saturated carbocycles. The highest BCUT2D eigenvalue weighted by Gasteiger charge is 2.17. The smallest absolute Gasteiger partial charge is 0.319 e. The molecule has 0 aliphatic rings. The molecule has 0 saturated heterocycles. The number of benzene rings is 1. The highest BCUT2D eigenvalue weighted by Crippen LogP contribution is 2.20. The number of rotatable bonds is 6. The minimum Gasteiger partial charge on any atom is -0.387 e. The van der Waals surface area contributed by atoms with Gasteiger partial charge in [-0.15, -0.1) is 0 Å². The van der Waals surface area contributed by atoms with Crippen molar-refractivity contribution in [3.05, 3.63) is 53.4 Å². The van der Waals surface area contributed by atoms with Crippen LogP contribution in [-0.4, -0.2) is 33.1 Å². The number of halogens is 3. The van der Waals surface area contributed by atoms with Gasteiger partial charge in [0.2, 0.25) is 0 Å². The lowest BCUT2D eigenvalue weighted by molar-refractivity contribution is 0.0624. The fourth-order valence-corrected chi connectivity index (χ4v) is 2.36. The van der Waals surface area contributed by atoms with Crippen LogP contribution < -0.4 is 0 Å². The SMILES string of the molecule is Cc1cc(F)ccc1C(O)CN(C)Cc1nccn1C(F)F. The molecule has 1 unspecified atom stereocenters. The van der Waals surface area contributed by atoms with Gasteiger partial charge in [0.1, 0.15) is 11.6 Å². The second-order valence-corrected chi connectivity index (χ2v) is 5.24. The first-order valence-electron chi connectivity index (χ1n) is 6.81. The summed E-state index contributed by atoms with van der Waals surface area (Å²) in [6, 6.07) is 4.17. The van der Waals surface area contributed by atoms with E-state index in [9.17, 15) is 18.3 Å². The van der Waals surface area contributed by atoms with E-state index in [0.717, 1.165) is 4.57 Å². The average molecular weight is 313 g/mol. The number of aliphatic hydroxyl groups is 1. The number of hydrogen-bond acceptors (Lipinski definition) is 3. The summed E-state index contributed by atoms with van der Waals surface area (Å²) in [6.45, 7) is -0.530. The molecule has 1 N–H and O–H groups in total. The molecule has 1 atom stereocenters. The first kappa shape index (κ1) is 16.5. The van der Waals surface area contributed by atoms with E-state index in [1.807, 2.05) is 0 Å². The second kappa shape index (κ2) is 6.93. The van der Waals surface area contributed by atoms with Gasteiger partial charge in [-0.05, 0) is 37.2 Å². The van der Waals surface area contributed by atoms with Crippen molar-refractivity contribution in [2.45, 2.75) is 26.1 Å². The lowest BCUT2D eigenvalue weighted by atomic mass is 10.0. The molecule has 0 aliphatic carbocycles. The summed E-state index contributed by atoms with van der Waals surface area (Å²) in [5, 5.41) is 10.2. The molecule has 7 heteroatoms. The van der Waals surface area contributed by atoms with Crippen LogP contribution in [0.4, 0.5) is 13.2 Å². The zero-order valence-electron chi connectivity index (χ0n) is 12.4. The van der Waals surface area contributed by atoms with Gasteiger partial charge in [-0.2, -0.15) is 8.78 Å². The third kappa shape index (κ3) is 3.86. The molecule has 1 heterocycles. The molecule has 2 aromatic rings. The molecule has 0 radical (unpaired) electrons. The van der Waals surface area contributed by atoms with E-state index in [1.165, 1.54) is 30.6 Å². The number of imidazole rings is 1. The van der Waals surface area contributed by atoms with Gasteiger partial charge in [-0.1, -0.05) is 6.07 Å². The predicted molar refractivity (Wildman–Crippen MR) is 75.9 cm³/mol. The largest absolute Gasteiger partial charge is 0.387 e. The Balaban J connectivity index is 2.02. The fourth-order valence-electron chi connectivity index (χ4n) is 2.36. The van der Waals surface area contributed by atoms with Crippen molar-refractivity contribution in [3.63, 3.8) is 0 Å². The van der Waals surface area contributed by atoms with Crippen LogP contribution in [0.1, 0.15) is 29.6 Å². The normalized spacial score (nSPS) is 13.1. The van der Waals surface area contributed by atoms with Crippen molar-refractivity contribution in [1.29, 1.82) is 0 Å². The van der Waals surface area contributed by atoms with Gasteiger partial charge < -0.3 is 5.11 Å². The number of likely N-dealkylation sites (N-methyl/N-ethyl adjacent to an activating group) is 1. The summed E-state index contributed by atoms with van der Waals surface area (Å²) in [5.74, 6) is -0.138. The molecule has 0 bridgehead atoms. The maximum Gasteiger partial charge on any atom is 0.319 e. The van der Waals surface area contributed by atoms with Crippen molar-refractivity contribution in [2.24, 2.45) is 0 Å². The third-order valence-corrected chi connectivity index (χ3v) is 3.45. The first-order chi connectivity index (χ1) is 10.4. The molecule has 22 heavy (non-hydrogen) atoms. The zero-order valence-corrected chi connectivity index (χ0v) is 12.4. The minimum absolute atomic E-state index is 0.175. The molecule has 1 aromatic heterocycles. The van der Waals surface area contributed by atoms with E-state index in [-0.39, 0.29) is 24.7 Å². The molecule has 2 rings (SSSR count). The van der Waals surface area contributed by atoms with Crippen molar-refractivity contribution in [1.82, 2.24) is 14.5 Å². The fraction of sp³-hybridized carbons (Fsp3) is 0.400. The van der Waals surface area contributed by atoms with E-state index < -0.39 is 12.7 Å². The Bertz CT molecular complexity index is 630. The minimum atomic E-state index is -2.64. The topological polar surface area (TPSA) is 41.3 Å². The van der Waals surface area contributed by atoms with Crippen LogP contribution in [0.15, 0.2) is 30.6 Å². The summed E-state index contributed by atoms with van der Waals surface area (Å²) < 4.78 is 39.4. The number of hydrogen-bond donors (Lipinski definition) is 1. The molecule has 4 nitrogen and oxygen atoms in total. The maximum atomic E-state index is 13.1. The number of aromatic nitrogens is 2. The van der Waals surface area contributed by atoms with Gasteiger partial charge in [-0.3, -0.25) is 9.47 Å². The highest BCUT2D eigenvalue weighted by atomic mass is 19.3. The number of alkyl halides is 2. The number of aliphatic hydroxyl groups excluding tert-OH is 1. The zero-order chi connectivity index (χ0) is 16.3. The van der Waals surface area contributed by atoms with Gasteiger partial charge in [0.25, 0.3) is 0 Å². The molecule has 0 amide bonds. The predicted octanol–water partition coefficient (Wildman–Crippen LogP) is 2.89. The average Bonchev–Trinajstić information content (AvgIpc) is 2.86. The van der Waals surface area contributed by atoms with Crippen LogP contribution in [-0.2, 0) is 6.54 Å². The molecular formula is C15H18F3N3O. The van der Waals surface area contributed by atoms with Crippen molar-refractivity contribution >= 4 is 0 Å². The molecular weight excluding hydrogens is 295 g/mol. The Labute approximate surface area is 126 Å². The highest BCUT2D eigenvalue weighted by molar-refractivity contribution is 5.28. The van der Waals surface area contributed by atoms with Gasteiger partial charge in [0.15, 0.2) is 0 Å². The van der Waals surface area contributed by atoms with Crippen molar-refractivity contribution in [3.8, 4) is 0 Å². The van der Waals surface area contributed by atoms with Crippen molar-refractivity contribution < 1.29 is 18.3 Å². The lowest BCUT2D eigenvalue weighted by Gasteiger charge is -2.22. The quantitative estimate of drug-likeness (QED) is 0.891. The van der Waals surface area contributed by atoms with Crippen molar-refractivity contribution in [2.75, 3.05) is 13.6 Å².